The highest BCUT2D eigenvalue weighted by atomic mass is 16.5. The summed E-state index contributed by atoms with van der Waals surface area (Å²) in [5.74, 6) is 1.88. The van der Waals surface area contributed by atoms with E-state index in [9.17, 15) is 9.59 Å². The van der Waals surface area contributed by atoms with Gasteiger partial charge in [0.2, 0.25) is 11.8 Å². The first kappa shape index (κ1) is 20.8. The predicted octanol–water partition coefficient (Wildman–Crippen LogP) is 3.10. The Morgan fingerprint density at radius 3 is 2.34 bits per heavy atom. The van der Waals surface area contributed by atoms with Crippen molar-refractivity contribution in [1.29, 1.82) is 0 Å². The highest BCUT2D eigenvalue weighted by Crippen LogP contribution is 2.52. The van der Waals surface area contributed by atoms with Crippen molar-refractivity contribution in [3.05, 3.63) is 48.7 Å². The second-order valence-corrected chi connectivity index (χ2v) is 8.99. The topological polar surface area (TPSA) is 66.0 Å². The molecule has 1 unspecified atom stereocenters. The Balaban J connectivity index is 1.36. The summed E-state index contributed by atoms with van der Waals surface area (Å²) in [6.45, 7) is 2.79. The number of methoxy groups -OCH3 is 1. The number of hydrogen-bond acceptors (Lipinski definition) is 5. The normalized spacial score (nSPS) is 22.6. The van der Waals surface area contributed by atoms with Crippen LogP contribution in [-0.2, 0) is 9.59 Å². The third kappa shape index (κ3) is 3.40. The molecule has 2 saturated heterocycles. The standard InChI is InChI=1S/C25H30N4O3/c1-32-20-10-8-19(9-11-20)29-22(25(24(29)31)12-4-2-5-13-25)23(30)28-17-15-27(16-18-28)21-7-3-6-14-26-21/h3,6-11,14,22H,2,4-5,12-13,15-18H2,1H3. The van der Waals surface area contributed by atoms with E-state index in [-0.39, 0.29) is 11.8 Å². The highest BCUT2D eigenvalue weighted by Gasteiger charge is 2.64. The molecule has 3 aliphatic rings. The number of β-lactam (4-membered cyclic amide) rings is 1. The lowest BCUT2D eigenvalue weighted by molar-refractivity contribution is -0.155. The number of ether oxygens (including phenoxy) is 1. The Bertz CT molecular complexity index is 964. The monoisotopic (exact) mass is 434 g/mol. The molecule has 1 aromatic heterocycles. The van der Waals surface area contributed by atoms with Gasteiger partial charge >= 0.3 is 0 Å². The molecular formula is C25H30N4O3. The summed E-state index contributed by atoms with van der Waals surface area (Å²) in [4.78, 5) is 37.6. The summed E-state index contributed by atoms with van der Waals surface area (Å²) in [5, 5.41) is 0. The van der Waals surface area contributed by atoms with Gasteiger partial charge in [-0.25, -0.2) is 4.98 Å². The van der Waals surface area contributed by atoms with Gasteiger partial charge in [0.25, 0.3) is 0 Å². The van der Waals surface area contributed by atoms with Crippen LogP contribution in [0.4, 0.5) is 11.5 Å². The van der Waals surface area contributed by atoms with Gasteiger partial charge in [-0.2, -0.15) is 0 Å². The number of benzene rings is 1. The maximum absolute atomic E-state index is 13.8. The van der Waals surface area contributed by atoms with Crippen molar-refractivity contribution in [2.75, 3.05) is 43.1 Å². The van der Waals surface area contributed by atoms with Crippen LogP contribution in [0, 0.1) is 5.41 Å². The molecule has 3 fully saturated rings. The van der Waals surface area contributed by atoms with Gasteiger partial charge in [0, 0.05) is 38.1 Å². The third-order valence-corrected chi connectivity index (χ3v) is 7.32. The van der Waals surface area contributed by atoms with Crippen LogP contribution in [0.5, 0.6) is 5.75 Å². The Labute approximate surface area is 189 Å². The number of anilines is 2. The molecule has 1 aliphatic carbocycles. The Kier molecular flexibility index (Phi) is 5.49. The minimum atomic E-state index is -0.534. The Morgan fingerprint density at radius 1 is 1.00 bits per heavy atom. The van der Waals surface area contributed by atoms with Crippen LogP contribution in [0.15, 0.2) is 48.7 Å². The molecule has 2 amide bonds. The molecule has 1 saturated carbocycles. The Hall–Kier alpha value is -3.09. The number of amides is 2. The van der Waals surface area contributed by atoms with Crippen molar-refractivity contribution >= 4 is 23.3 Å². The zero-order chi connectivity index (χ0) is 22.1. The molecule has 0 radical (unpaired) electrons. The number of hydrogen-bond donors (Lipinski definition) is 0. The van der Waals surface area contributed by atoms with Gasteiger partial charge in [-0.15, -0.1) is 0 Å². The fraction of sp³-hybridized carbons (Fsp3) is 0.480. The van der Waals surface area contributed by atoms with Crippen molar-refractivity contribution in [3.63, 3.8) is 0 Å². The molecule has 0 bridgehead atoms. The van der Waals surface area contributed by atoms with Crippen LogP contribution in [0.25, 0.3) is 0 Å². The van der Waals surface area contributed by atoms with Crippen LogP contribution in [0.2, 0.25) is 0 Å². The van der Waals surface area contributed by atoms with Crippen LogP contribution in [0.3, 0.4) is 0 Å². The van der Waals surface area contributed by atoms with Gasteiger partial charge in [0.1, 0.15) is 17.6 Å². The van der Waals surface area contributed by atoms with Gasteiger partial charge in [0.05, 0.1) is 12.5 Å². The van der Waals surface area contributed by atoms with Crippen LogP contribution >= 0.6 is 0 Å². The average molecular weight is 435 g/mol. The second-order valence-electron chi connectivity index (χ2n) is 8.99. The molecule has 5 rings (SSSR count). The molecular weight excluding hydrogens is 404 g/mol. The summed E-state index contributed by atoms with van der Waals surface area (Å²) < 4.78 is 5.26. The smallest absolute Gasteiger partial charge is 0.247 e. The maximum atomic E-state index is 13.8. The lowest BCUT2D eigenvalue weighted by Crippen LogP contribution is -2.75. The van der Waals surface area contributed by atoms with Crippen molar-refractivity contribution < 1.29 is 14.3 Å². The van der Waals surface area contributed by atoms with Crippen molar-refractivity contribution in [2.24, 2.45) is 5.41 Å². The number of aromatic nitrogens is 1. The zero-order valence-electron chi connectivity index (χ0n) is 18.6. The molecule has 1 aromatic carbocycles. The molecule has 0 N–H and O–H groups in total. The highest BCUT2D eigenvalue weighted by molar-refractivity contribution is 6.14. The molecule has 3 heterocycles. The van der Waals surface area contributed by atoms with E-state index < -0.39 is 11.5 Å². The lowest BCUT2D eigenvalue weighted by Gasteiger charge is -2.57. The first-order valence-electron chi connectivity index (χ1n) is 11.6. The maximum Gasteiger partial charge on any atom is 0.247 e. The van der Waals surface area contributed by atoms with Gasteiger partial charge in [-0.05, 0) is 49.2 Å². The van der Waals surface area contributed by atoms with Gasteiger partial charge in [-0.3, -0.25) is 14.5 Å². The minimum Gasteiger partial charge on any atom is -0.497 e. The van der Waals surface area contributed by atoms with Gasteiger partial charge in [0.15, 0.2) is 0 Å². The summed E-state index contributed by atoms with van der Waals surface area (Å²) in [6.07, 6.45) is 6.58. The number of carbonyl (C=O) groups is 2. The molecule has 1 spiro atoms. The van der Waals surface area contributed by atoms with Crippen molar-refractivity contribution in [2.45, 2.75) is 38.1 Å². The van der Waals surface area contributed by atoms with Crippen LogP contribution in [-0.4, -0.2) is 61.0 Å². The van der Waals surface area contributed by atoms with E-state index in [2.05, 4.69) is 9.88 Å². The van der Waals surface area contributed by atoms with E-state index in [1.54, 1.807) is 18.2 Å². The fourth-order valence-corrected chi connectivity index (χ4v) is 5.55. The summed E-state index contributed by atoms with van der Waals surface area (Å²) in [5.41, 5.74) is 0.241. The number of nitrogens with zero attached hydrogens (tertiary/aromatic N) is 4. The van der Waals surface area contributed by atoms with Gasteiger partial charge < -0.3 is 14.5 Å². The molecule has 2 aromatic rings. The fourth-order valence-electron chi connectivity index (χ4n) is 5.55. The predicted molar refractivity (Wildman–Crippen MR) is 123 cm³/mol. The molecule has 2 aliphatic heterocycles. The lowest BCUT2D eigenvalue weighted by atomic mass is 9.61. The van der Waals surface area contributed by atoms with E-state index in [1.807, 2.05) is 47.4 Å². The number of carbonyl (C=O) groups excluding carboxylic acids is 2. The second kappa shape index (κ2) is 8.45. The quantitative estimate of drug-likeness (QED) is 0.692. The summed E-state index contributed by atoms with van der Waals surface area (Å²) in [6, 6.07) is 12.9. The average Bonchev–Trinajstić information content (AvgIpc) is 2.87. The minimum absolute atomic E-state index is 0.0861. The van der Waals surface area contributed by atoms with Crippen LogP contribution < -0.4 is 14.5 Å². The van der Waals surface area contributed by atoms with E-state index in [0.29, 0.717) is 13.1 Å². The summed E-state index contributed by atoms with van der Waals surface area (Å²) >= 11 is 0. The first-order chi connectivity index (χ1) is 15.6. The molecule has 168 valence electrons. The van der Waals surface area contributed by atoms with Crippen molar-refractivity contribution in [1.82, 2.24) is 9.88 Å². The van der Waals surface area contributed by atoms with Crippen LogP contribution in [0.1, 0.15) is 32.1 Å². The van der Waals surface area contributed by atoms with Gasteiger partial charge in [-0.1, -0.05) is 25.3 Å². The first-order valence-corrected chi connectivity index (χ1v) is 11.6. The molecule has 7 nitrogen and oxygen atoms in total. The Morgan fingerprint density at radius 2 is 1.72 bits per heavy atom. The number of pyridine rings is 1. The SMILES string of the molecule is COc1ccc(N2C(=O)C3(CCCCC3)C2C(=O)N2CCN(c3ccccn3)CC2)cc1. The largest absolute Gasteiger partial charge is 0.497 e. The van der Waals surface area contributed by atoms with E-state index >= 15 is 0 Å². The zero-order valence-corrected chi connectivity index (χ0v) is 18.6. The molecule has 7 heteroatoms. The van der Waals surface area contributed by atoms with E-state index in [1.165, 1.54) is 0 Å². The van der Waals surface area contributed by atoms with E-state index in [0.717, 1.165) is 62.4 Å². The molecule has 32 heavy (non-hydrogen) atoms. The molecule has 1 atom stereocenters. The third-order valence-electron chi connectivity index (χ3n) is 7.32. The van der Waals surface area contributed by atoms with E-state index in [4.69, 9.17) is 4.74 Å². The summed E-state index contributed by atoms with van der Waals surface area (Å²) in [7, 11) is 1.62. The number of piperazine rings is 1. The number of rotatable bonds is 4. The van der Waals surface area contributed by atoms with Crippen molar-refractivity contribution in [3.8, 4) is 5.75 Å².